The lowest BCUT2D eigenvalue weighted by Crippen LogP contribution is -2.53. The Hall–Kier alpha value is -1.79. The molecule has 0 saturated heterocycles. The number of alkyl halides is 3. The van der Waals surface area contributed by atoms with Crippen LogP contribution in [0, 0.1) is 11.8 Å². The van der Waals surface area contributed by atoms with Gasteiger partial charge >= 0.3 is 6.30 Å². The van der Waals surface area contributed by atoms with Gasteiger partial charge in [0.05, 0.1) is 11.4 Å². The summed E-state index contributed by atoms with van der Waals surface area (Å²) in [5, 5.41) is 2.94. The number of allylic oxidation sites excluding steroid dienone is 2. The summed E-state index contributed by atoms with van der Waals surface area (Å²) in [7, 11) is 0. The molecule has 0 fully saturated rings. The van der Waals surface area contributed by atoms with Gasteiger partial charge < -0.3 is 5.32 Å². The molecule has 0 saturated carbocycles. The Morgan fingerprint density at radius 3 is 2.62 bits per heavy atom. The van der Waals surface area contributed by atoms with Crippen molar-refractivity contribution < 1.29 is 18.0 Å². The second-order valence-corrected chi connectivity index (χ2v) is 5.88. The summed E-state index contributed by atoms with van der Waals surface area (Å²) in [6.45, 7) is 5.59. The van der Waals surface area contributed by atoms with E-state index in [1.54, 1.807) is 0 Å². The van der Waals surface area contributed by atoms with Crippen LogP contribution >= 0.6 is 0 Å². The molecular weight excluding hydrogens is 283 g/mol. The summed E-state index contributed by atoms with van der Waals surface area (Å²) in [5.41, 5.74) is 0.753. The van der Waals surface area contributed by atoms with E-state index in [-0.39, 0.29) is 40.0 Å². The van der Waals surface area contributed by atoms with E-state index in [4.69, 9.17) is 0 Å². The average molecular weight is 299 g/mol. The lowest BCUT2D eigenvalue weighted by Gasteiger charge is -2.45. The summed E-state index contributed by atoms with van der Waals surface area (Å²) in [5.74, 6) is -0.829. The van der Waals surface area contributed by atoms with Crippen molar-refractivity contribution >= 4 is 11.6 Å². The van der Waals surface area contributed by atoms with Gasteiger partial charge in [0.2, 0.25) is 0 Å². The number of halogens is 3. The predicted molar refractivity (Wildman–Crippen MR) is 71.0 cm³/mol. The lowest BCUT2D eigenvalue weighted by atomic mass is 9.78. The SMILES string of the molecule is CC1CC(C)C2=C(N1)N(C(F)(F)F)C1=CC(=O)N=C1C2C. The first kappa shape index (κ1) is 14.2. The van der Waals surface area contributed by atoms with E-state index >= 15 is 0 Å². The largest absolute Gasteiger partial charge is 0.490 e. The van der Waals surface area contributed by atoms with Crippen molar-refractivity contribution in [3.8, 4) is 0 Å². The van der Waals surface area contributed by atoms with Crippen molar-refractivity contribution in [1.29, 1.82) is 0 Å². The first-order valence-electron chi connectivity index (χ1n) is 6.92. The van der Waals surface area contributed by atoms with Gasteiger partial charge in [0, 0.05) is 18.0 Å². The Balaban J connectivity index is 2.22. The zero-order valence-corrected chi connectivity index (χ0v) is 12.0. The molecule has 0 aromatic heterocycles. The minimum Gasteiger partial charge on any atom is -0.369 e. The van der Waals surface area contributed by atoms with Gasteiger partial charge in [-0.05, 0) is 24.8 Å². The van der Waals surface area contributed by atoms with Gasteiger partial charge in [-0.1, -0.05) is 13.8 Å². The third-order valence-electron chi connectivity index (χ3n) is 4.24. The van der Waals surface area contributed by atoms with Crippen molar-refractivity contribution in [1.82, 2.24) is 10.2 Å². The maximum atomic E-state index is 13.5. The molecule has 3 heterocycles. The first-order valence-corrected chi connectivity index (χ1v) is 6.92. The zero-order valence-electron chi connectivity index (χ0n) is 12.0. The molecule has 0 aromatic rings. The highest BCUT2D eigenvalue weighted by molar-refractivity contribution is 6.18. The molecule has 3 aliphatic heterocycles. The second-order valence-electron chi connectivity index (χ2n) is 5.88. The Labute approximate surface area is 120 Å². The molecule has 3 unspecified atom stereocenters. The van der Waals surface area contributed by atoms with Crippen molar-refractivity contribution in [2.45, 2.75) is 39.5 Å². The van der Waals surface area contributed by atoms with Crippen LogP contribution in [-0.2, 0) is 4.79 Å². The fourth-order valence-corrected chi connectivity index (χ4v) is 3.52. The Kier molecular flexibility index (Phi) is 2.93. The monoisotopic (exact) mass is 299 g/mol. The Morgan fingerprint density at radius 1 is 1.33 bits per heavy atom. The molecule has 21 heavy (non-hydrogen) atoms. The molecule has 0 spiro atoms. The molecular formula is C14H16F3N3O. The van der Waals surface area contributed by atoms with Crippen LogP contribution in [-0.4, -0.2) is 28.9 Å². The molecule has 114 valence electrons. The number of carbonyl (C=O) groups excluding carboxylic acids is 1. The van der Waals surface area contributed by atoms with Crippen LogP contribution in [0.15, 0.2) is 28.2 Å². The summed E-state index contributed by atoms with van der Waals surface area (Å²) in [6.07, 6.45) is -2.87. The van der Waals surface area contributed by atoms with E-state index in [0.717, 1.165) is 12.5 Å². The van der Waals surface area contributed by atoms with Crippen LogP contribution < -0.4 is 5.32 Å². The van der Waals surface area contributed by atoms with Gasteiger partial charge in [-0.25, -0.2) is 9.89 Å². The Bertz CT molecular complexity index is 603. The number of fused-ring (bicyclic) bond motifs is 1. The van der Waals surface area contributed by atoms with Crippen molar-refractivity contribution in [2.24, 2.45) is 16.8 Å². The van der Waals surface area contributed by atoms with Gasteiger partial charge in [0.25, 0.3) is 5.91 Å². The summed E-state index contributed by atoms with van der Waals surface area (Å²) < 4.78 is 40.5. The molecule has 1 N–H and O–H groups in total. The maximum absolute atomic E-state index is 13.5. The van der Waals surface area contributed by atoms with Crippen LogP contribution in [0.5, 0.6) is 0 Å². The summed E-state index contributed by atoms with van der Waals surface area (Å²) in [6, 6.07) is -0.0491. The van der Waals surface area contributed by atoms with Crippen LogP contribution in [0.2, 0.25) is 0 Å². The number of nitrogens with one attached hydrogen (secondary N) is 1. The van der Waals surface area contributed by atoms with E-state index in [2.05, 4.69) is 10.3 Å². The van der Waals surface area contributed by atoms with Gasteiger partial charge in [-0.3, -0.25) is 4.79 Å². The maximum Gasteiger partial charge on any atom is 0.490 e. The van der Waals surface area contributed by atoms with Crippen molar-refractivity contribution in [3.63, 3.8) is 0 Å². The summed E-state index contributed by atoms with van der Waals surface area (Å²) >= 11 is 0. The molecule has 3 rings (SSSR count). The fraction of sp³-hybridized carbons (Fsp3) is 0.571. The number of nitrogens with zero attached hydrogens (tertiary/aromatic N) is 2. The van der Waals surface area contributed by atoms with E-state index in [0.29, 0.717) is 5.57 Å². The first-order chi connectivity index (χ1) is 9.70. The highest BCUT2D eigenvalue weighted by Crippen LogP contribution is 2.45. The third kappa shape index (κ3) is 2.06. The van der Waals surface area contributed by atoms with E-state index in [9.17, 15) is 18.0 Å². The lowest BCUT2D eigenvalue weighted by molar-refractivity contribution is -0.221. The molecule has 4 nitrogen and oxygen atoms in total. The minimum absolute atomic E-state index is 0.0102. The number of aliphatic imine (C=N–C) groups is 1. The molecule has 0 radical (unpaired) electrons. The topological polar surface area (TPSA) is 44.7 Å². The highest BCUT2D eigenvalue weighted by Gasteiger charge is 2.51. The fourth-order valence-electron chi connectivity index (χ4n) is 3.52. The Morgan fingerprint density at radius 2 is 2.00 bits per heavy atom. The van der Waals surface area contributed by atoms with E-state index in [1.807, 2.05) is 20.8 Å². The smallest absolute Gasteiger partial charge is 0.369 e. The van der Waals surface area contributed by atoms with E-state index < -0.39 is 12.2 Å². The normalized spacial score (nSPS) is 32.4. The molecule has 3 atom stereocenters. The third-order valence-corrected chi connectivity index (χ3v) is 4.24. The number of hydrogen-bond acceptors (Lipinski definition) is 3. The zero-order chi connectivity index (χ0) is 15.5. The predicted octanol–water partition coefficient (Wildman–Crippen LogP) is 2.55. The molecule has 0 aliphatic carbocycles. The molecule has 3 aliphatic rings. The quantitative estimate of drug-likeness (QED) is 0.699. The van der Waals surface area contributed by atoms with Gasteiger partial charge in [0.1, 0.15) is 5.82 Å². The van der Waals surface area contributed by atoms with Crippen LogP contribution in [0.3, 0.4) is 0 Å². The highest BCUT2D eigenvalue weighted by atomic mass is 19.4. The van der Waals surface area contributed by atoms with Crippen molar-refractivity contribution in [2.75, 3.05) is 0 Å². The molecule has 7 heteroatoms. The van der Waals surface area contributed by atoms with Gasteiger partial charge in [0.15, 0.2) is 0 Å². The average Bonchev–Trinajstić information content (AvgIpc) is 2.67. The molecule has 0 aromatic carbocycles. The number of carbonyl (C=O) groups is 1. The van der Waals surface area contributed by atoms with Crippen LogP contribution in [0.25, 0.3) is 0 Å². The number of hydrogen-bond donors (Lipinski definition) is 1. The molecule has 1 amide bonds. The number of amides is 1. The number of rotatable bonds is 0. The van der Waals surface area contributed by atoms with Crippen LogP contribution in [0.4, 0.5) is 13.2 Å². The van der Waals surface area contributed by atoms with Crippen molar-refractivity contribution in [3.05, 3.63) is 23.2 Å². The van der Waals surface area contributed by atoms with Crippen LogP contribution in [0.1, 0.15) is 27.2 Å². The second kappa shape index (κ2) is 4.35. The van der Waals surface area contributed by atoms with Gasteiger partial charge in [-0.2, -0.15) is 0 Å². The standard InChI is InChI=1S/C14H16F3N3O/c1-6-4-7(2)18-13-11(6)8(3)12-9(5-10(21)19-12)20(13)14(15,16)17/h5-8,18H,4H2,1-3H3. The van der Waals surface area contributed by atoms with Gasteiger partial charge in [-0.15, -0.1) is 13.2 Å². The van der Waals surface area contributed by atoms with E-state index in [1.165, 1.54) is 0 Å². The molecule has 0 bridgehead atoms. The summed E-state index contributed by atoms with van der Waals surface area (Å²) in [4.78, 5) is 15.5. The minimum atomic E-state index is -4.60.